The van der Waals surface area contributed by atoms with Gasteiger partial charge in [0.15, 0.2) is 5.82 Å². The summed E-state index contributed by atoms with van der Waals surface area (Å²) in [7, 11) is 2.09. The Morgan fingerprint density at radius 2 is 2.04 bits per heavy atom. The Bertz CT molecular complexity index is 949. The van der Waals surface area contributed by atoms with Crippen LogP contribution in [0.5, 0.6) is 0 Å². The van der Waals surface area contributed by atoms with E-state index in [1.54, 1.807) is 24.4 Å². The van der Waals surface area contributed by atoms with Gasteiger partial charge in [0.2, 0.25) is 0 Å². The van der Waals surface area contributed by atoms with Crippen molar-refractivity contribution in [1.82, 2.24) is 15.1 Å². The molecule has 1 saturated heterocycles. The number of hydrogen-bond donors (Lipinski definition) is 2. The predicted octanol–water partition coefficient (Wildman–Crippen LogP) is 2.99. The van der Waals surface area contributed by atoms with Crippen molar-refractivity contribution in [2.75, 3.05) is 25.5 Å². The van der Waals surface area contributed by atoms with Crippen LogP contribution in [0.4, 0.5) is 11.5 Å². The molecule has 2 aromatic rings. The molecular formula is C19H20N6O2. The molecule has 0 saturated carbocycles. The number of allylic oxidation sites excluding steroid dienone is 2. The van der Waals surface area contributed by atoms with Gasteiger partial charge in [-0.05, 0) is 33.0 Å². The van der Waals surface area contributed by atoms with E-state index in [2.05, 4.69) is 33.5 Å². The van der Waals surface area contributed by atoms with E-state index in [-0.39, 0.29) is 16.5 Å². The highest BCUT2D eigenvalue weighted by molar-refractivity contribution is 5.67. The lowest BCUT2D eigenvalue weighted by Gasteiger charge is -2.34. The van der Waals surface area contributed by atoms with Crippen LogP contribution in [0.3, 0.4) is 0 Å². The summed E-state index contributed by atoms with van der Waals surface area (Å²) in [5, 5.41) is 32.1. The number of likely N-dealkylation sites (tertiary alicyclic amines) is 1. The lowest BCUT2D eigenvalue weighted by molar-refractivity contribution is -0.385. The maximum atomic E-state index is 11.6. The number of nitrogens with zero attached hydrogens (tertiary/aromatic N) is 4. The largest absolute Gasteiger partial charge is 0.341 e. The minimum absolute atomic E-state index is 0.0204. The van der Waals surface area contributed by atoms with E-state index in [9.17, 15) is 15.4 Å². The minimum atomic E-state index is -0.499. The van der Waals surface area contributed by atoms with Crippen LogP contribution < -0.4 is 5.32 Å². The summed E-state index contributed by atoms with van der Waals surface area (Å²) in [6, 6.07) is 8.98. The first kappa shape index (κ1) is 17.2. The summed E-state index contributed by atoms with van der Waals surface area (Å²) in [5.74, 6) is 0.360. The van der Waals surface area contributed by atoms with Gasteiger partial charge in [-0.3, -0.25) is 15.2 Å². The van der Waals surface area contributed by atoms with Gasteiger partial charge < -0.3 is 10.2 Å². The van der Waals surface area contributed by atoms with Crippen molar-refractivity contribution in [2.24, 2.45) is 5.92 Å². The third kappa shape index (κ3) is 2.96. The van der Waals surface area contributed by atoms with Gasteiger partial charge in [-0.2, -0.15) is 10.4 Å². The third-order valence-electron chi connectivity index (χ3n) is 5.50. The number of anilines is 1. The number of H-pyrrole nitrogens is 1. The Morgan fingerprint density at radius 1 is 1.30 bits per heavy atom. The lowest BCUT2D eigenvalue weighted by atomic mass is 9.78. The van der Waals surface area contributed by atoms with Gasteiger partial charge in [-0.15, -0.1) is 0 Å². The second-order valence-electron chi connectivity index (χ2n) is 7.08. The summed E-state index contributed by atoms with van der Waals surface area (Å²) in [6.07, 6.45) is 3.59. The molecule has 27 heavy (non-hydrogen) atoms. The van der Waals surface area contributed by atoms with Crippen molar-refractivity contribution in [3.63, 3.8) is 0 Å². The third-order valence-corrected chi connectivity index (χ3v) is 5.50. The average molecular weight is 364 g/mol. The van der Waals surface area contributed by atoms with Crippen molar-refractivity contribution < 1.29 is 4.92 Å². The molecular weight excluding hydrogens is 344 g/mol. The molecule has 1 unspecified atom stereocenters. The predicted molar refractivity (Wildman–Crippen MR) is 100 cm³/mol. The van der Waals surface area contributed by atoms with Crippen LogP contribution in [0.25, 0.3) is 0 Å². The van der Waals surface area contributed by atoms with E-state index < -0.39 is 5.92 Å². The number of fused-ring (bicyclic) bond motifs is 1. The summed E-state index contributed by atoms with van der Waals surface area (Å²) >= 11 is 0. The second kappa shape index (κ2) is 6.85. The quantitative estimate of drug-likeness (QED) is 0.640. The first-order chi connectivity index (χ1) is 13.1. The SMILES string of the molecule is CN1CCC(C2=C(C#N)C(c3ccccc3[N+](=O)[O-])c3c[nH]nc3N2)CC1. The molecule has 138 valence electrons. The van der Waals surface area contributed by atoms with E-state index >= 15 is 0 Å². The molecule has 8 nitrogen and oxygen atoms in total. The zero-order valence-electron chi connectivity index (χ0n) is 15.0. The van der Waals surface area contributed by atoms with E-state index in [0.29, 0.717) is 17.0 Å². The molecule has 0 radical (unpaired) electrons. The first-order valence-electron chi connectivity index (χ1n) is 8.97. The number of nitrogens with one attached hydrogen (secondary N) is 2. The Morgan fingerprint density at radius 3 is 2.74 bits per heavy atom. The average Bonchev–Trinajstić information content (AvgIpc) is 3.15. The summed E-state index contributed by atoms with van der Waals surface area (Å²) in [5.41, 5.74) is 2.71. The van der Waals surface area contributed by atoms with Crippen LogP contribution >= 0.6 is 0 Å². The van der Waals surface area contributed by atoms with Gasteiger partial charge in [0, 0.05) is 35.0 Å². The summed E-state index contributed by atoms with van der Waals surface area (Å²) in [6.45, 7) is 1.91. The number of nitriles is 1. The Hall–Kier alpha value is -3.18. The molecule has 0 spiro atoms. The fourth-order valence-corrected chi connectivity index (χ4v) is 4.09. The van der Waals surface area contributed by atoms with Gasteiger partial charge >= 0.3 is 0 Å². The van der Waals surface area contributed by atoms with Gasteiger partial charge in [0.05, 0.1) is 22.5 Å². The number of benzene rings is 1. The van der Waals surface area contributed by atoms with Crippen LogP contribution in [0, 0.1) is 27.4 Å². The van der Waals surface area contributed by atoms with E-state index in [1.807, 2.05) is 0 Å². The number of hydrogen-bond acceptors (Lipinski definition) is 6. The second-order valence-corrected chi connectivity index (χ2v) is 7.08. The molecule has 1 aromatic heterocycles. The molecule has 4 rings (SSSR count). The molecule has 0 bridgehead atoms. The molecule has 0 aliphatic carbocycles. The van der Waals surface area contributed by atoms with E-state index in [0.717, 1.165) is 37.2 Å². The number of aromatic nitrogens is 2. The number of aromatic amines is 1. The van der Waals surface area contributed by atoms with Crippen LogP contribution in [0.2, 0.25) is 0 Å². The highest BCUT2D eigenvalue weighted by atomic mass is 16.6. The fourth-order valence-electron chi connectivity index (χ4n) is 4.09. The molecule has 8 heteroatoms. The minimum Gasteiger partial charge on any atom is -0.341 e. The van der Waals surface area contributed by atoms with Gasteiger partial charge in [0.25, 0.3) is 5.69 Å². The molecule has 2 N–H and O–H groups in total. The maximum absolute atomic E-state index is 11.6. The van der Waals surface area contributed by atoms with E-state index in [4.69, 9.17) is 0 Å². The highest BCUT2D eigenvalue weighted by Crippen LogP contribution is 2.45. The molecule has 3 heterocycles. The van der Waals surface area contributed by atoms with Crippen molar-refractivity contribution in [2.45, 2.75) is 18.8 Å². The van der Waals surface area contributed by atoms with Crippen LogP contribution in [0.1, 0.15) is 29.9 Å². The fraction of sp³-hybridized carbons (Fsp3) is 0.368. The van der Waals surface area contributed by atoms with Crippen molar-refractivity contribution in [3.8, 4) is 6.07 Å². The van der Waals surface area contributed by atoms with Crippen molar-refractivity contribution in [1.29, 1.82) is 5.26 Å². The first-order valence-corrected chi connectivity index (χ1v) is 8.97. The smallest absolute Gasteiger partial charge is 0.273 e. The van der Waals surface area contributed by atoms with Crippen molar-refractivity contribution >= 4 is 11.5 Å². The highest BCUT2D eigenvalue weighted by Gasteiger charge is 2.37. The normalized spacial score (nSPS) is 20.7. The molecule has 0 amide bonds. The number of nitro groups is 1. The standard InChI is InChI=1S/C19H20N6O2/c1-24-8-6-12(7-9-24)18-14(10-20)17(15-11-21-23-19(15)22-18)13-4-2-3-5-16(13)25(26)27/h2-5,11-12,17H,6-9H2,1H3,(H2,21,22,23). The van der Waals surface area contributed by atoms with Crippen LogP contribution in [0.15, 0.2) is 41.7 Å². The zero-order valence-corrected chi connectivity index (χ0v) is 15.0. The van der Waals surface area contributed by atoms with Gasteiger partial charge in [0.1, 0.15) is 0 Å². The number of rotatable bonds is 3. The molecule has 1 aromatic carbocycles. The van der Waals surface area contributed by atoms with Crippen LogP contribution in [-0.2, 0) is 0 Å². The Kier molecular flexibility index (Phi) is 4.38. The summed E-state index contributed by atoms with van der Waals surface area (Å²) < 4.78 is 0. The monoisotopic (exact) mass is 364 g/mol. The number of para-hydroxylation sites is 1. The van der Waals surface area contributed by atoms with E-state index in [1.165, 1.54) is 6.07 Å². The molecule has 2 aliphatic rings. The lowest BCUT2D eigenvalue weighted by Crippen LogP contribution is -2.34. The Labute approximate surface area is 156 Å². The number of nitro benzene ring substituents is 1. The number of piperidine rings is 1. The summed E-state index contributed by atoms with van der Waals surface area (Å²) in [4.78, 5) is 13.5. The zero-order chi connectivity index (χ0) is 19.0. The van der Waals surface area contributed by atoms with Gasteiger partial charge in [-0.25, -0.2) is 0 Å². The maximum Gasteiger partial charge on any atom is 0.273 e. The van der Waals surface area contributed by atoms with Gasteiger partial charge in [-0.1, -0.05) is 18.2 Å². The molecule has 2 aliphatic heterocycles. The topological polar surface area (TPSA) is 111 Å². The van der Waals surface area contributed by atoms with Crippen molar-refractivity contribution in [3.05, 3.63) is 63.0 Å². The molecule has 1 fully saturated rings. The van der Waals surface area contributed by atoms with Crippen LogP contribution in [-0.4, -0.2) is 40.2 Å². The Balaban J connectivity index is 1.86. The molecule has 1 atom stereocenters.